The number of nitrogens with zero attached hydrogens (tertiary/aromatic N) is 1. The predicted molar refractivity (Wildman–Crippen MR) is 98.5 cm³/mol. The summed E-state index contributed by atoms with van der Waals surface area (Å²) < 4.78 is 47.9. The summed E-state index contributed by atoms with van der Waals surface area (Å²) in [5.41, 5.74) is 0.896. The molecule has 1 aliphatic heterocycles. The molecule has 1 fully saturated rings. The van der Waals surface area contributed by atoms with Crippen LogP contribution in [0, 0.1) is 11.7 Å². The van der Waals surface area contributed by atoms with Crippen LogP contribution in [0.5, 0.6) is 0 Å². The van der Waals surface area contributed by atoms with Crippen LogP contribution in [-0.4, -0.2) is 32.4 Å². The van der Waals surface area contributed by atoms with Gasteiger partial charge in [-0.3, -0.25) is 0 Å². The van der Waals surface area contributed by atoms with Crippen LogP contribution in [0.4, 0.5) is 4.39 Å². The summed E-state index contributed by atoms with van der Waals surface area (Å²) in [6.45, 7) is 3.57. The maximum atomic E-state index is 13.2. The Morgan fingerprint density at radius 3 is 2.54 bits per heavy atom. The number of halogens is 1. The quantitative estimate of drug-likeness (QED) is 0.800. The van der Waals surface area contributed by atoms with Crippen molar-refractivity contribution in [1.29, 1.82) is 0 Å². The van der Waals surface area contributed by atoms with Crippen LogP contribution in [-0.2, 0) is 10.2 Å². The van der Waals surface area contributed by atoms with Gasteiger partial charge >= 0.3 is 0 Å². The van der Waals surface area contributed by atoms with E-state index < -0.39 is 10.2 Å². The van der Waals surface area contributed by atoms with Crippen LogP contribution in [0.2, 0.25) is 0 Å². The minimum absolute atomic E-state index is 0.130. The van der Waals surface area contributed by atoms with Crippen LogP contribution in [0.3, 0.4) is 0 Å². The summed E-state index contributed by atoms with van der Waals surface area (Å²) in [5, 5.41) is 0. The minimum atomic E-state index is -3.47. The van der Waals surface area contributed by atoms with Crippen molar-refractivity contribution in [2.75, 3.05) is 19.6 Å². The van der Waals surface area contributed by atoms with E-state index in [1.807, 2.05) is 6.07 Å². The van der Waals surface area contributed by atoms with Gasteiger partial charge in [0.1, 0.15) is 11.6 Å². The molecule has 0 saturated carbocycles. The number of benzene rings is 1. The first kappa shape index (κ1) is 19.1. The highest BCUT2D eigenvalue weighted by molar-refractivity contribution is 7.87. The first-order valence-corrected chi connectivity index (χ1v) is 10.4. The van der Waals surface area contributed by atoms with E-state index in [9.17, 15) is 12.8 Å². The van der Waals surface area contributed by atoms with Crippen LogP contribution in [0.15, 0.2) is 47.1 Å². The van der Waals surface area contributed by atoms with E-state index in [2.05, 4.69) is 11.6 Å². The average Bonchev–Trinajstić information content (AvgIpc) is 3.14. The standard InChI is InChI=1S/C19H25FN2O3S/c1-15-9-12-22(13-10-15)26(23,24)21-11-8-18(19-3-2-14-25-19)16-4-6-17(20)7-5-16/h2-7,14-15,18,21H,8-13H2,1H3. The van der Waals surface area contributed by atoms with E-state index in [1.54, 1.807) is 24.5 Å². The SMILES string of the molecule is CC1CCN(S(=O)(=O)NCCC(c2ccc(F)cc2)c2ccco2)CC1. The van der Waals surface area contributed by atoms with Gasteiger partial charge in [0, 0.05) is 25.6 Å². The third-order valence-corrected chi connectivity index (χ3v) is 6.57. The van der Waals surface area contributed by atoms with E-state index in [1.165, 1.54) is 16.4 Å². The molecule has 1 saturated heterocycles. The molecule has 0 aliphatic carbocycles. The van der Waals surface area contributed by atoms with Gasteiger partial charge < -0.3 is 4.42 Å². The van der Waals surface area contributed by atoms with Gasteiger partial charge in [0.05, 0.1) is 6.26 Å². The first-order chi connectivity index (χ1) is 12.5. The topological polar surface area (TPSA) is 62.6 Å². The smallest absolute Gasteiger partial charge is 0.279 e. The van der Waals surface area contributed by atoms with E-state index in [-0.39, 0.29) is 18.3 Å². The second-order valence-electron chi connectivity index (χ2n) is 6.89. The molecule has 1 N–H and O–H groups in total. The molecule has 1 aliphatic rings. The summed E-state index contributed by atoms with van der Waals surface area (Å²) in [5.74, 6) is 0.882. The molecule has 7 heteroatoms. The summed E-state index contributed by atoms with van der Waals surface area (Å²) in [6, 6.07) is 9.89. The fourth-order valence-corrected chi connectivity index (χ4v) is 4.56. The Bertz CT molecular complexity index is 783. The number of hydrogen-bond acceptors (Lipinski definition) is 3. The van der Waals surface area contributed by atoms with E-state index in [4.69, 9.17) is 4.42 Å². The zero-order valence-corrected chi connectivity index (χ0v) is 15.7. The Kier molecular flexibility index (Phi) is 6.11. The zero-order chi connectivity index (χ0) is 18.6. The van der Waals surface area contributed by atoms with Gasteiger partial charge in [0.15, 0.2) is 0 Å². The number of hydrogen-bond donors (Lipinski definition) is 1. The van der Waals surface area contributed by atoms with Gasteiger partial charge in [0.2, 0.25) is 0 Å². The number of piperidine rings is 1. The van der Waals surface area contributed by atoms with E-state index in [0.717, 1.165) is 24.2 Å². The Morgan fingerprint density at radius 2 is 1.92 bits per heavy atom. The monoisotopic (exact) mass is 380 g/mol. The number of rotatable bonds is 7. The first-order valence-electron chi connectivity index (χ1n) is 8.99. The molecule has 142 valence electrons. The lowest BCUT2D eigenvalue weighted by Crippen LogP contribution is -2.45. The maximum Gasteiger partial charge on any atom is 0.279 e. The molecule has 0 bridgehead atoms. The Hall–Kier alpha value is -1.70. The molecule has 2 aromatic rings. The number of nitrogens with one attached hydrogen (secondary N) is 1. The summed E-state index contributed by atoms with van der Waals surface area (Å²) in [6.07, 6.45) is 3.91. The third kappa shape index (κ3) is 4.72. The lowest BCUT2D eigenvalue weighted by atomic mass is 9.93. The van der Waals surface area contributed by atoms with Gasteiger partial charge in [-0.05, 0) is 55.0 Å². The highest BCUT2D eigenvalue weighted by atomic mass is 32.2. The summed E-state index contributed by atoms with van der Waals surface area (Å²) in [7, 11) is -3.47. The van der Waals surface area contributed by atoms with Crippen molar-refractivity contribution in [2.45, 2.75) is 32.1 Å². The Balaban J connectivity index is 1.64. The second kappa shape index (κ2) is 8.33. The maximum absolute atomic E-state index is 13.2. The molecule has 1 atom stereocenters. The fraction of sp³-hybridized carbons (Fsp3) is 0.474. The van der Waals surface area contributed by atoms with Crippen molar-refractivity contribution in [3.8, 4) is 0 Å². The lowest BCUT2D eigenvalue weighted by molar-refractivity contribution is 0.285. The summed E-state index contributed by atoms with van der Waals surface area (Å²) >= 11 is 0. The molecular formula is C19H25FN2O3S. The van der Waals surface area contributed by atoms with E-state index in [0.29, 0.717) is 25.4 Å². The molecule has 0 amide bonds. The Labute approximate surface area is 154 Å². The van der Waals surface area contributed by atoms with Gasteiger partial charge in [-0.2, -0.15) is 12.7 Å². The highest BCUT2D eigenvalue weighted by Crippen LogP contribution is 2.28. The largest absolute Gasteiger partial charge is 0.469 e. The molecule has 3 rings (SSSR count). The molecule has 0 spiro atoms. The van der Waals surface area contributed by atoms with Crippen LogP contribution < -0.4 is 4.72 Å². The second-order valence-corrected chi connectivity index (χ2v) is 8.64. The molecule has 5 nitrogen and oxygen atoms in total. The Morgan fingerprint density at radius 1 is 1.23 bits per heavy atom. The van der Waals surface area contributed by atoms with Crippen molar-refractivity contribution >= 4 is 10.2 Å². The van der Waals surface area contributed by atoms with Crippen molar-refractivity contribution in [2.24, 2.45) is 5.92 Å². The van der Waals surface area contributed by atoms with Crippen LogP contribution in [0.25, 0.3) is 0 Å². The molecule has 26 heavy (non-hydrogen) atoms. The van der Waals surface area contributed by atoms with Crippen molar-refractivity contribution in [3.05, 3.63) is 59.8 Å². The molecule has 2 heterocycles. The van der Waals surface area contributed by atoms with Crippen LogP contribution in [0.1, 0.15) is 43.4 Å². The van der Waals surface area contributed by atoms with Crippen molar-refractivity contribution in [3.63, 3.8) is 0 Å². The van der Waals surface area contributed by atoms with Gasteiger partial charge in [-0.25, -0.2) is 9.11 Å². The van der Waals surface area contributed by atoms with Gasteiger partial charge in [-0.1, -0.05) is 19.1 Å². The molecule has 1 aromatic carbocycles. The fourth-order valence-electron chi connectivity index (χ4n) is 3.31. The van der Waals surface area contributed by atoms with Crippen LogP contribution >= 0.6 is 0 Å². The van der Waals surface area contributed by atoms with Gasteiger partial charge in [-0.15, -0.1) is 0 Å². The molecule has 0 radical (unpaired) electrons. The number of furan rings is 1. The zero-order valence-electron chi connectivity index (χ0n) is 14.9. The lowest BCUT2D eigenvalue weighted by Gasteiger charge is -2.29. The highest BCUT2D eigenvalue weighted by Gasteiger charge is 2.26. The minimum Gasteiger partial charge on any atom is -0.469 e. The predicted octanol–water partition coefficient (Wildman–Crippen LogP) is 3.51. The van der Waals surface area contributed by atoms with Crippen molar-refractivity contribution in [1.82, 2.24) is 9.03 Å². The molecule has 1 unspecified atom stereocenters. The third-order valence-electron chi connectivity index (χ3n) is 4.96. The average molecular weight is 380 g/mol. The normalized spacial score (nSPS) is 18.1. The van der Waals surface area contributed by atoms with Gasteiger partial charge in [0.25, 0.3) is 10.2 Å². The molecule has 1 aromatic heterocycles. The molecular weight excluding hydrogens is 355 g/mol. The van der Waals surface area contributed by atoms with Crippen molar-refractivity contribution < 1.29 is 17.2 Å². The van der Waals surface area contributed by atoms with E-state index >= 15 is 0 Å². The summed E-state index contributed by atoms with van der Waals surface area (Å²) in [4.78, 5) is 0.